The van der Waals surface area contributed by atoms with Crippen LogP contribution in [0.1, 0.15) is 0 Å². The number of hydrogen-bond donors (Lipinski definition) is 0. The van der Waals surface area contributed by atoms with Crippen LogP contribution in [0.3, 0.4) is 0 Å². The zero-order chi connectivity index (χ0) is 32.3. The summed E-state index contributed by atoms with van der Waals surface area (Å²) < 4.78 is 6.45. The first kappa shape index (κ1) is 27.5. The molecule has 49 heavy (non-hydrogen) atoms. The van der Waals surface area contributed by atoms with Gasteiger partial charge in [-0.2, -0.15) is 0 Å². The third kappa shape index (κ3) is 4.57. The summed E-state index contributed by atoms with van der Waals surface area (Å²) in [5.74, 6) is 1.80. The highest BCUT2D eigenvalue weighted by Gasteiger charge is 2.19. The van der Waals surface area contributed by atoms with Gasteiger partial charge < -0.3 is 4.42 Å². The van der Waals surface area contributed by atoms with Crippen molar-refractivity contribution in [3.05, 3.63) is 164 Å². The van der Waals surface area contributed by atoms with E-state index in [-0.39, 0.29) is 0 Å². The number of nitrogens with zero attached hydrogens (tertiary/aromatic N) is 3. The van der Waals surface area contributed by atoms with Crippen LogP contribution in [0, 0.1) is 0 Å². The summed E-state index contributed by atoms with van der Waals surface area (Å²) in [6, 6.07) is 57.0. The number of fused-ring (bicyclic) bond motifs is 6. The Morgan fingerprint density at radius 1 is 0.327 bits per heavy atom. The van der Waals surface area contributed by atoms with E-state index in [0.29, 0.717) is 17.5 Å². The van der Waals surface area contributed by atoms with Crippen LogP contribution in [0.5, 0.6) is 0 Å². The van der Waals surface area contributed by atoms with Gasteiger partial charge in [0.2, 0.25) is 0 Å². The predicted molar refractivity (Wildman–Crippen MR) is 201 cm³/mol. The summed E-state index contributed by atoms with van der Waals surface area (Å²) in [7, 11) is 0. The molecule has 0 N–H and O–H groups in total. The van der Waals surface area contributed by atoms with Gasteiger partial charge >= 0.3 is 0 Å². The molecular formula is C45H27N3O. The number of para-hydroxylation sites is 2. The fourth-order valence-electron chi connectivity index (χ4n) is 7.11. The van der Waals surface area contributed by atoms with Crippen LogP contribution in [-0.2, 0) is 0 Å². The van der Waals surface area contributed by atoms with E-state index >= 15 is 0 Å². The molecule has 0 atom stereocenters. The lowest BCUT2D eigenvalue weighted by Crippen LogP contribution is -2.01. The van der Waals surface area contributed by atoms with Crippen LogP contribution < -0.4 is 0 Å². The maximum atomic E-state index is 6.45. The zero-order valence-corrected chi connectivity index (χ0v) is 26.3. The fourth-order valence-corrected chi connectivity index (χ4v) is 7.11. The second kappa shape index (κ2) is 11.0. The van der Waals surface area contributed by atoms with Gasteiger partial charge in [0, 0.05) is 21.9 Å². The van der Waals surface area contributed by atoms with Crippen LogP contribution in [0.25, 0.3) is 99.5 Å². The van der Waals surface area contributed by atoms with E-state index in [1.165, 1.54) is 27.3 Å². The lowest BCUT2D eigenvalue weighted by molar-refractivity contribution is 0.669. The molecule has 2 aromatic heterocycles. The van der Waals surface area contributed by atoms with E-state index in [9.17, 15) is 0 Å². The Labute approximate surface area is 282 Å². The van der Waals surface area contributed by atoms with Gasteiger partial charge in [-0.15, -0.1) is 0 Å². The van der Waals surface area contributed by atoms with Crippen LogP contribution in [0.2, 0.25) is 0 Å². The molecule has 4 heteroatoms. The minimum absolute atomic E-state index is 0.570. The number of furan rings is 1. The molecule has 4 nitrogen and oxygen atoms in total. The molecule has 0 saturated heterocycles. The van der Waals surface area contributed by atoms with Gasteiger partial charge in [-0.05, 0) is 67.7 Å². The van der Waals surface area contributed by atoms with Gasteiger partial charge in [0.05, 0.1) is 5.56 Å². The molecule has 10 rings (SSSR count). The van der Waals surface area contributed by atoms with Gasteiger partial charge in [0.25, 0.3) is 0 Å². The Bertz CT molecular complexity index is 2900. The van der Waals surface area contributed by atoms with Crippen molar-refractivity contribution >= 4 is 54.3 Å². The molecule has 0 radical (unpaired) electrons. The molecule has 0 bridgehead atoms. The Balaban J connectivity index is 1.21. The largest absolute Gasteiger partial charge is 0.455 e. The molecule has 0 saturated carbocycles. The van der Waals surface area contributed by atoms with Gasteiger partial charge in [-0.25, -0.2) is 15.0 Å². The molecule has 8 aromatic carbocycles. The molecule has 10 aromatic rings. The van der Waals surface area contributed by atoms with Crippen molar-refractivity contribution in [1.82, 2.24) is 15.0 Å². The maximum absolute atomic E-state index is 6.45. The molecule has 2 heterocycles. The van der Waals surface area contributed by atoms with Crippen molar-refractivity contribution in [3.63, 3.8) is 0 Å². The molecular weight excluding hydrogens is 599 g/mol. The Morgan fingerprint density at radius 2 is 0.837 bits per heavy atom. The van der Waals surface area contributed by atoms with Crippen LogP contribution in [0.15, 0.2) is 168 Å². The van der Waals surface area contributed by atoms with Crippen LogP contribution in [0.4, 0.5) is 0 Å². The van der Waals surface area contributed by atoms with Crippen LogP contribution in [-0.4, -0.2) is 15.0 Å². The third-order valence-corrected chi connectivity index (χ3v) is 9.51. The molecule has 0 amide bonds. The SMILES string of the molecule is c1ccc2cc(-c3nc(-c4cccc5c(-c6ccc7ccccc7c6)cccc45)nc(-c4cccc5c4oc4ccccc45)n3)ccc2c1. The molecule has 0 aliphatic carbocycles. The predicted octanol–water partition coefficient (Wildman–Crippen LogP) is 11.9. The first-order valence-electron chi connectivity index (χ1n) is 16.4. The lowest BCUT2D eigenvalue weighted by atomic mass is 9.94. The fraction of sp³-hybridized carbons (Fsp3) is 0. The van der Waals surface area contributed by atoms with E-state index < -0.39 is 0 Å². The second-order valence-corrected chi connectivity index (χ2v) is 12.4. The normalized spacial score (nSPS) is 11.7. The van der Waals surface area contributed by atoms with E-state index in [1.807, 2.05) is 30.3 Å². The highest BCUT2D eigenvalue weighted by atomic mass is 16.3. The van der Waals surface area contributed by atoms with Gasteiger partial charge in [-0.1, -0.05) is 140 Å². The van der Waals surface area contributed by atoms with Gasteiger partial charge in [0.15, 0.2) is 17.5 Å². The topological polar surface area (TPSA) is 51.8 Å². The highest BCUT2D eigenvalue weighted by Crippen LogP contribution is 2.38. The number of hydrogen-bond acceptors (Lipinski definition) is 4. The zero-order valence-electron chi connectivity index (χ0n) is 26.3. The quantitative estimate of drug-likeness (QED) is 0.195. The lowest BCUT2D eigenvalue weighted by Gasteiger charge is -2.13. The average molecular weight is 626 g/mol. The third-order valence-electron chi connectivity index (χ3n) is 9.51. The standard InChI is InChI=1S/C45H27N3O/c1-3-12-30-26-32(24-22-28(30)10-1)34-15-7-17-36-35(34)16-8-19-39(36)44-46-43(33-25-23-29-11-2-4-13-31(29)27-33)47-45(48-44)40-20-9-18-38-37-14-5-6-21-41(37)49-42(38)40/h1-27H. The molecule has 0 fully saturated rings. The highest BCUT2D eigenvalue weighted by molar-refractivity contribution is 6.09. The van der Waals surface area contributed by atoms with E-state index in [0.717, 1.165) is 54.8 Å². The summed E-state index contributed by atoms with van der Waals surface area (Å²) in [5.41, 5.74) is 6.65. The van der Waals surface area contributed by atoms with Crippen LogP contribution >= 0.6 is 0 Å². The monoisotopic (exact) mass is 625 g/mol. The number of aromatic nitrogens is 3. The van der Waals surface area contributed by atoms with Crippen molar-refractivity contribution in [2.24, 2.45) is 0 Å². The van der Waals surface area contributed by atoms with E-state index in [1.54, 1.807) is 0 Å². The average Bonchev–Trinajstić information content (AvgIpc) is 3.56. The summed E-state index contributed by atoms with van der Waals surface area (Å²) in [6.07, 6.45) is 0. The van der Waals surface area contributed by atoms with Crippen molar-refractivity contribution in [2.75, 3.05) is 0 Å². The molecule has 0 aliphatic heterocycles. The minimum atomic E-state index is 0.570. The number of rotatable bonds is 4. The first-order valence-corrected chi connectivity index (χ1v) is 16.4. The Hall–Kier alpha value is -6.65. The van der Waals surface area contributed by atoms with Crippen molar-refractivity contribution < 1.29 is 4.42 Å². The Kier molecular flexibility index (Phi) is 6.15. The summed E-state index contributed by atoms with van der Waals surface area (Å²) in [6.45, 7) is 0. The summed E-state index contributed by atoms with van der Waals surface area (Å²) >= 11 is 0. The summed E-state index contributed by atoms with van der Waals surface area (Å²) in [4.78, 5) is 15.5. The molecule has 228 valence electrons. The van der Waals surface area contributed by atoms with E-state index in [2.05, 4.69) is 133 Å². The maximum Gasteiger partial charge on any atom is 0.167 e. The summed E-state index contributed by atoms with van der Waals surface area (Å²) in [5, 5.41) is 9.07. The van der Waals surface area contributed by atoms with Gasteiger partial charge in [0.1, 0.15) is 11.2 Å². The molecule has 0 unspecified atom stereocenters. The van der Waals surface area contributed by atoms with Gasteiger partial charge in [-0.3, -0.25) is 0 Å². The number of benzene rings is 8. The minimum Gasteiger partial charge on any atom is -0.455 e. The van der Waals surface area contributed by atoms with E-state index in [4.69, 9.17) is 19.4 Å². The van der Waals surface area contributed by atoms with Crippen molar-refractivity contribution in [3.8, 4) is 45.3 Å². The van der Waals surface area contributed by atoms with Crippen molar-refractivity contribution in [1.29, 1.82) is 0 Å². The first-order chi connectivity index (χ1) is 24.3. The molecule has 0 aliphatic rings. The molecule has 0 spiro atoms. The second-order valence-electron chi connectivity index (χ2n) is 12.4. The van der Waals surface area contributed by atoms with Crippen molar-refractivity contribution in [2.45, 2.75) is 0 Å². The Morgan fingerprint density at radius 3 is 1.59 bits per heavy atom. The smallest absolute Gasteiger partial charge is 0.167 e.